The lowest BCUT2D eigenvalue weighted by atomic mass is 9.91. The molecule has 2 nitrogen and oxygen atoms in total. The van der Waals surface area contributed by atoms with E-state index in [-0.39, 0.29) is 36.7 Å². The van der Waals surface area contributed by atoms with Crippen LogP contribution in [0.1, 0.15) is 17.2 Å². The Morgan fingerprint density at radius 1 is 1.24 bits per heavy atom. The summed E-state index contributed by atoms with van der Waals surface area (Å²) in [6, 6.07) is 5.71. The third kappa shape index (κ3) is 2.58. The monoisotopic (exact) mass is 278 g/mol. The fraction of sp³-hybridized carbons (Fsp3) is 0.500. The van der Waals surface area contributed by atoms with Crippen LogP contribution in [0.25, 0.3) is 0 Å². The zero-order valence-corrected chi connectivity index (χ0v) is 11.1. The van der Waals surface area contributed by atoms with Gasteiger partial charge in [-0.3, -0.25) is 4.90 Å². The molecule has 1 saturated heterocycles. The second kappa shape index (κ2) is 6.01. The number of nitrogens with zero attached hydrogens (tertiary/aromatic N) is 1. The maximum atomic E-state index is 13.8. The molecular formula is C12H17Cl2FN2. The number of halogens is 3. The number of fused-ring (bicyclic) bond motifs is 3. The van der Waals surface area contributed by atoms with Crippen molar-refractivity contribution in [2.24, 2.45) is 0 Å². The summed E-state index contributed by atoms with van der Waals surface area (Å²) in [6.45, 7) is 4.02. The molecule has 1 N–H and O–H groups in total. The van der Waals surface area contributed by atoms with Gasteiger partial charge in [0, 0.05) is 31.7 Å². The molecule has 0 spiro atoms. The summed E-state index contributed by atoms with van der Waals surface area (Å²) in [5, 5.41) is 3.34. The summed E-state index contributed by atoms with van der Waals surface area (Å²) >= 11 is 0. The number of nitrogens with one attached hydrogen (secondary N) is 1. The van der Waals surface area contributed by atoms with Gasteiger partial charge in [0.05, 0.1) is 6.04 Å². The van der Waals surface area contributed by atoms with Crippen molar-refractivity contribution in [3.8, 4) is 0 Å². The van der Waals surface area contributed by atoms with Gasteiger partial charge in [0.2, 0.25) is 0 Å². The van der Waals surface area contributed by atoms with Crippen molar-refractivity contribution < 1.29 is 4.39 Å². The molecule has 0 bridgehead atoms. The first-order valence-corrected chi connectivity index (χ1v) is 5.58. The number of rotatable bonds is 0. The van der Waals surface area contributed by atoms with Gasteiger partial charge in [-0.1, -0.05) is 12.1 Å². The molecule has 1 fully saturated rings. The first-order valence-electron chi connectivity index (χ1n) is 5.58. The van der Waals surface area contributed by atoms with Gasteiger partial charge in [0.25, 0.3) is 0 Å². The molecule has 0 amide bonds. The van der Waals surface area contributed by atoms with Crippen molar-refractivity contribution in [3.05, 3.63) is 35.1 Å². The van der Waals surface area contributed by atoms with E-state index < -0.39 is 0 Å². The quantitative estimate of drug-likeness (QED) is 0.783. The van der Waals surface area contributed by atoms with E-state index in [0.717, 1.165) is 38.2 Å². The summed E-state index contributed by atoms with van der Waals surface area (Å²) in [7, 11) is 0. The smallest absolute Gasteiger partial charge is 0.128 e. The predicted molar refractivity (Wildman–Crippen MR) is 71.8 cm³/mol. The average Bonchev–Trinajstić information content (AvgIpc) is 2.29. The second-order valence-corrected chi connectivity index (χ2v) is 4.32. The first-order chi connectivity index (χ1) is 7.36. The molecule has 17 heavy (non-hydrogen) atoms. The zero-order chi connectivity index (χ0) is 10.3. The largest absolute Gasteiger partial charge is 0.314 e. The third-order valence-corrected chi connectivity index (χ3v) is 3.50. The van der Waals surface area contributed by atoms with Gasteiger partial charge in [0.1, 0.15) is 5.82 Å². The Balaban J connectivity index is 0.000000722. The second-order valence-electron chi connectivity index (χ2n) is 4.32. The van der Waals surface area contributed by atoms with E-state index in [1.165, 1.54) is 5.56 Å². The SMILES string of the molecule is Cl.Cl.Fc1cccc2c1C1CNCCN1CC2. The molecule has 2 heterocycles. The maximum Gasteiger partial charge on any atom is 0.128 e. The Morgan fingerprint density at radius 3 is 2.88 bits per heavy atom. The Labute approximate surface area is 113 Å². The van der Waals surface area contributed by atoms with Gasteiger partial charge in [-0.05, 0) is 18.1 Å². The van der Waals surface area contributed by atoms with Crippen molar-refractivity contribution in [1.29, 1.82) is 0 Å². The summed E-state index contributed by atoms with van der Waals surface area (Å²) in [6.07, 6.45) is 0.990. The highest BCUT2D eigenvalue weighted by molar-refractivity contribution is 5.85. The summed E-state index contributed by atoms with van der Waals surface area (Å²) in [4.78, 5) is 2.39. The van der Waals surface area contributed by atoms with Crippen molar-refractivity contribution in [1.82, 2.24) is 10.2 Å². The highest BCUT2D eigenvalue weighted by atomic mass is 35.5. The Bertz CT molecular complexity index is 387. The minimum absolute atomic E-state index is 0. The lowest BCUT2D eigenvalue weighted by Crippen LogP contribution is -2.49. The van der Waals surface area contributed by atoms with Crippen molar-refractivity contribution in [3.63, 3.8) is 0 Å². The normalized spacial score (nSPS) is 22.8. The number of hydrogen-bond donors (Lipinski definition) is 1. The van der Waals surface area contributed by atoms with Gasteiger partial charge in [0.15, 0.2) is 0 Å². The van der Waals surface area contributed by atoms with Gasteiger partial charge >= 0.3 is 0 Å². The van der Waals surface area contributed by atoms with Crippen LogP contribution in [-0.4, -0.2) is 31.1 Å². The molecule has 0 saturated carbocycles. The van der Waals surface area contributed by atoms with Gasteiger partial charge in [-0.2, -0.15) is 0 Å². The molecule has 1 atom stereocenters. The maximum absolute atomic E-state index is 13.8. The summed E-state index contributed by atoms with van der Waals surface area (Å²) in [5.74, 6) is -0.0362. The van der Waals surface area contributed by atoms with E-state index in [2.05, 4.69) is 16.3 Å². The van der Waals surface area contributed by atoms with Crippen molar-refractivity contribution >= 4 is 24.8 Å². The van der Waals surface area contributed by atoms with Crippen LogP contribution in [0.3, 0.4) is 0 Å². The van der Waals surface area contributed by atoms with Gasteiger partial charge in [-0.15, -0.1) is 24.8 Å². The fourth-order valence-electron chi connectivity index (χ4n) is 2.74. The molecule has 1 unspecified atom stereocenters. The molecule has 0 radical (unpaired) electrons. The van der Waals surface area contributed by atoms with Crippen LogP contribution >= 0.6 is 24.8 Å². The predicted octanol–water partition coefficient (Wildman–Crippen LogP) is 2.17. The van der Waals surface area contributed by atoms with Gasteiger partial charge < -0.3 is 5.32 Å². The van der Waals surface area contributed by atoms with E-state index >= 15 is 0 Å². The highest BCUT2D eigenvalue weighted by Crippen LogP contribution is 2.32. The minimum atomic E-state index is -0.0362. The van der Waals surface area contributed by atoms with E-state index in [1.54, 1.807) is 6.07 Å². The average molecular weight is 279 g/mol. The molecule has 0 aliphatic carbocycles. The topological polar surface area (TPSA) is 15.3 Å². The summed E-state index contributed by atoms with van der Waals surface area (Å²) in [5.41, 5.74) is 2.12. The van der Waals surface area contributed by atoms with Crippen LogP contribution in [0, 0.1) is 5.82 Å². The molecule has 5 heteroatoms. The first kappa shape index (κ1) is 14.7. The van der Waals surface area contributed by atoms with Crippen LogP contribution in [0.5, 0.6) is 0 Å². The van der Waals surface area contributed by atoms with Crippen molar-refractivity contribution in [2.75, 3.05) is 26.2 Å². The third-order valence-electron chi connectivity index (χ3n) is 3.50. The molecule has 0 aromatic heterocycles. The van der Waals surface area contributed by atoms with Crippen LogP contribution < -0.4 is 5.32 Å². The van der Waals surface area contributed by atoms with Crippen LogP contribution in [0.2, 0.25) is 0 Å². The lowest BCUT2D eigenvalue weighted by molar-refractivity contribution is 0.148. The van der Waals surface area contributed by atoms with Crippen LogP contribution in [-0.2, 0) is 6.42 Å². The molecular weight excluding hydrogens is 262 g/mol. The number of hydrogen-bond acceptors (Lipinski definition) is 2. The Kier molecular flexibility index (Phi) is 5.20. The van der Waals surface area contributed by atoms with Crippen molar-refractivity contribution in [2.45, 2.75) is 12.5 Å². The molecule has 1 aromatic carbocycles. The van der Waals surface area contributed by atoms with Crippen LogP contribution in [0.4, 0.5) is 4.39 Å². The van der Waals surface area contributed by atoms with E-state index in [9.17, 15) is 4.39 Å². The molecule has 3 rings (SSSR count). The molecule has 2 aliphatic heterocycles. The van der Waals surface area contributed by atoms with E-state index in [1.807, 2.05) is 6.07 Å². The lowest BCUT2D eigenvalue weighted by Gasteiger charge is -2.40. The standard InChI is InChI=1S/C12H15FN2.2ClH/c13-10-3-1-2-9-4-6-15-7-5-14-8-11(15)12(9)10;;/h1-3,11,14H,4-8H2;2*1H. The highest BCUT2D eigenvalue weighted by Gasteiger charge is 2.31. The van der Waals surface area contributed by atoms with Gasteiger partial charge in [-0.25, -0.2) is 4.39 Å². The van der Waals surface area contributed by atoms with E-state index in [4.69, 9.17) is 0 Å². The van der Waals surface area contributed by atoms with E-state index in [0.29, 0.717) is 0 Å². The fourth-order valence-corrected chi connectivity index (χ4v) is 2.74. The molecule has 1 aromatic rings. The molecule has 96 valence electrons. The minimum Gasteiger partial charge on any atom is -0.314 e. The molecule has 2 aliphatic rings. The zero-order valence-electron chi connectivity index (χ0n) is 9.49. The Hall–Kier alpha value is -0.350. The number of piperazine rings is 1. The Morgan fingerprint density at radius 2 is 2.06 bits per heavy atom. The number of benzene rings is 1. The summed E-state index contributed by atoms with van der Waals surface area (Å²) < 4.78 is 13.8. The van der Waals surface area contributed by atoms with Crippen LogP contribution in [0.15, 0.2) is 18.2 Å².